The summed E-state index contributed by atoms with van der Waals surface area (Å²) in [5.74, 6) is 0.296. The number of hydrogen-bond donors (Lipinski definition) is 1. The fraction of sp³-hybridized carbons (Fsp3) is 0.462. The molecular weight excluding hydrogens is 290 g/mol. The minimum absolute atomic E-state index is 0.0893. The molecule has 1 unspecified atom stereocenters. The minimum Gasteiger partial charge on any atom is -0.410 e. The molecule has 0 radical (unpaired) electrons. The normalized spacial score (nSPS) is 12.6. The zero-order valence-electron chi connectivity index (χ0n) is 12.3. The molecule has 0 saturated carbocycles. The van der Waals surface area contributed by atoms with Crippen LogP contribution < -0.4 is 10.1 Å². The lowest BCUT2D eigenvalue weighted by Crippen LogP contribution is -2.42. The Labute approximate surface area is 127 Å². The quantitative estimate of drug-likeness (QED) is 0.272. The van der Waals surface area contributed by atoms with Crippen molar-refractivity contribution in [1.29, 1.82) is 0 Å². The van der Waals surface area contributed by atoms with E-state index in [0.717, 1.165) is 6.42 Å². The molecule has 1 amide bonds. The number of nitrogens with zero attached hydrogens (tertiary/aromatic N) is 4. The standard InChI is InChI=1S/C13H17N5O4/c1-3-9(2)12(8-15-17-14)16-13(19)22-11-6-4-10(5-7-11)18(20)21/h4-7,9,12H,3,8H2,1-2H3,(H,16,19)/t9?,12-/m1/s1. The fourth-order valence-corrected chi connectivity index (χ4v) is 1.70. The van der Waals surface area contributed by atoms with Crippen molar-refractivity contribution < 1.29 is 14.5 Å². The van der Waals surface area contributed by atoms with Gasteiger partial charge in [0.2, 0.25) is 0 Å². The van der Waals surface area contributed by atoms with Gasteiger partial charge in [-0.25, -0.2) is 4.79 Å². The second-order valence-electron chi connectivity index (χ2n) is 4.69. The maximum absolute atomic E-state index is 11.8. The van der Waals surface area contributed by atoms with Gasteiger partial charge in [0.25, 0.3) is 5.69 Å². The minimum atomic E-state index is -0.702. The highest BCUT2D eigenvalue weighted by molar-refractivity contribution is 5.70. The van der Waals surface area contributed by atoms with Gasteiger partial charge in [0, 0.05) is 29.6 Å². The number of benzene rings is 1. The van der Waals surface area contributed by atoms with E-state index >= 15 is 0 Å². The molecule has 9 nitrogen and oxygen atoms in total. The predicted octanol–water partition coefficient (Wildman–Crippen LogP) is 3.41. The molecule has 0 aliphatic carbocycles. The van der Waals surface area contributed by atoms with Crippen molar-refractivity contribution in [3.63, 3.8) is 0 Å². The predicted molar refractivity (Wildman–Crippen MR) is 79.5 cm³/mol. The summed E-state index contributed by atoms with van der Waals surface area (Å²) in [7, 11) is 0. The van der Waals surface area contributed by atoms with E-state index in [1.54, 1.807) is 0 Å². The number of hydrogen-bond acceptors (Lipinski definition) is 5. The van der Waals surface area contributed by atoms with Crippen molar-refractivity contribution >= 4 is 11.8 Å². The van der Waals surface area contributed by atoms with E-state index in [1.165, 1.54) is 24.3 Å². The highest BCUT2D eigenvalue weighted by Crippen LogP contribution is 2.17. The molecule has 0 fully saturated rings. The number of nitro groups is 1. The number of nitrogens with one attached hydrogen (secondary N) is 1. The molecule has 0 saturated heterocycles. The third-order valence-corrected chi connectivity index (χ3v) is 3.23. The first-order valence-electron chi connectivity index (χ1n) is 6.71. The Morgan fingerprint density at radius 3 is 2.64 bits per heavy atom. The summed E-state index contributed by atoms with van der Waals surface area (Å²) in [5, 5.41) is 16.6. The molecule has 1 rings (SSSR count). The molecule has 1 N–H and O–H groups in total. The molecular formula is C13H17N5O4. The SMILES string of the molecule is CCC(C)[C@@H](CN=[N+]=[N-])NC(=O)Oc1ccc([N+](=O)[O-])cc1. The largest absolute Gasteiger partial charge is 0.412 e. The van der Waals surface area contributed by atoms with Gasteiger partial charge in [-0.1, -0.05) is 25.4 Å². The summed E-state index contributed by atoms with van der Waals surface area (Å²) >= 11 is 0. The first kappa shape index (κ1) is 17.3. The van der Waals surface area contributed by atoms with Gasteiger partial charge in [-0.15, -0.1) is 0 Å². The van der Waals surface area contributed by atoms with Gasteiger partial charge in [0.05, 0.1) is 4.92 Å². The third-order valence-electron chi connectivity index (χ3n) is 3.23. The third kappa shape index (κ3) is 5.29. The summed E-state index contributed by atoms with van der Waals surface area (Å²) in [6.45, 7) is 4.00. The van der Waals surface area contributed by atoms with Crippen molar-refractivity contribution in [2.75, 3.05) is 6.54 Å². The Bertz CT molecular complexity index is 568. The summed E-state index contributed by atoms with van der Waals surface area (Å²) in [4.78, 5) is 24.5. The Morgan fingerprint density at radius 2 is 2.14 bits per heavy atom. The van der Waals surface area contributed by atoms with Crippen LogP contribution in [-0.4, -0.2) is 23.6 Å². The second-order valence-corrected chi connectivity index (χ2v) is 4.69. The average molecular weight is 307 g/mol. The summed E-state index contributed by atoms with van der Waals surface area (Å²) in [6.07, 6.45) is 0.0935. The van der Waals surface area contributed by atoms with Gasteiger partial charge in [0.1, 0.15) is 5.75 Å². The van der Waals surface area contributed by atoms with Gasteiger partial charge in [-0.05, 0) is 23.6 Å². The van der Waals surface area contributed by atoms with Crippen LogP contribution in [0.2, 0.25) is 0 Å². The first-order valence-corrected chi connectivity index (χ1v) is 6.71. The first-order chi connectivity index (χ1) is 10.5. The Morgan fingerprint density at radius 1 is 1.50 bits per heavy atom. The van der Waals surface area contributed by atoms with Crippen LogP contribution in [0.1, 0.15) is 20.3 Å². The number of rotatable bonds is 7. The average Bonchev–Trinajstić information content (AvgIpc) is 2.51. The number of amides is 1. The number of ether oxygens (including phenoxy) is 1. The van der Waals surface area contributed by atoms with Gasteiger partial charge < -0.3 is 10.1 Å². The number of non-ortho nitro benzene ring substituents is 1. The molecule has 0 aliphatic heterocycles. The van der Waals surface area contributed by atoms with E-state index < -0.39 is 11.0 Å². The molecule has 0 heterocycles. The van der Waals surface area contributed by atoms with Gasteiger partial charge in [0.15, 0.2) is 0 Å². The number of azide groups is 1. The van der Waals surface area contributed by atoms with Gasteiger partial charge in [-0.2, -0.15) is 0 Å². The lowest BCUT2D eigenvalue weighted by Gasteiger charge is -2.22. The maximum Gasteiger partial charge on any atom is 0.412 e. The van der Waals surface area contributed by atoms with Crippen molar-refractivity contribution in [2.24, 2.45) is 11.0 Å². The molecule has 0 bridgehead atoms. The van der Waals surface area contributed by atoms with E-state index in [2.05, 4.69) is 15.3 Å². The van der Waals surface area contributed by atoms with E-state index in [1.807, 2.05) is 13.8 Å². The zero-order valence-corrected chi connectivity index (χ0v) is 12.3. The highest BCUT2D eigenvalue weighted by Gasteiger charge is 2.18. The lowest BCUT2D eigenvalue weighted by molar-refractivity contribution is -0.384. The van der Waals surface area contributed by atoms with Crippen LogP contribution in [0.5, 0.6) is 5.75 Å². The lowest BCUT2D eigenvalue weighted by atomic mass is 10.00. The highest BCUT2D eigenvalue weighted by atomic mass is 16.6. The van der Waals surface area contributed by atoms with Crippen LogP contribution in [0.3, 0.4) is 0 Å². The molecule has 2 atom stereocenters. The molecule has 0 spiro atoms. The Hall–Kier alpha value is -2.80. The molecule has 22 heavy (non-hydrogen) atoms. The number of nitro benzene ring substituents is 1. The van der Waals surface area contributed by atoms with Crippen molar-refractivity contribution in [3.05, 3.63) is 44.8 Å². The van der Waals surface area contributed by atoms with Crippen molar-refractivity contribution in [3.8, 4) is 5.75 Å². The maximum atomic E-state index is 11.8. The van der Waals surface area contributed by atoms with E-state index in [9.17, 15) is 14.9 Å². The fourth-order valence-electron chi connectivity index (χ4n) is 1.70. The van der Waals surface area contributed by atoms with Crippen LogP contribution >= 0.6 is 0 Å². The van der Waals surface area contributed by atoms with Crippen LogP contribution in [0.25, 0.3) is 10.4 Å². The monoisotopic (exact) mass is 307 g/mol. The van der Waals surface area contributed by atoms with E-state index in [0.29, 0.717) is 0 Å². The summed E-state index contributed by atoms with van der Waals surface area (Å²) < 4.78 is 5.05. The van der Waals surface area contributed by atoms with E-state index in [4.69, 9.17) is 10.3 Å². The van der Waals surface area contributed by atoms with Crippen LogP contribution in [0.15, 0.2) is 29.4 Å². The number of carbonyl (C=O) groups is 1. The molecule has 1 aromatic rings. The van der Waals surface area contributed by atoms with Crippen molar-refractivity contribution in [2.45, 2.75) is 26.3 Å². The summed E-state index contributed by atoms with van der Waals surface area (Å²) in [6, 6.07) is 4.82. The smallest absolute Gasteiger partial charge is 0.410 e. The van der Waals surface area contributed by atoms with E-state index in [-0.39, 0.29) is 29.9 Å². The Balaban J connectivity index is 2.66. The molecule has 9 heteroatoms. The Kier molecular flexibility index (Phi) is 6.65. The van der Waals surface area contributed by atoms with Gasteiger partial charge in [-0.3, -0.25) is 10.1 Å². The zero-order chi connectivity index (χ0) is 16.5. The molecule has 0 aliphatic rings. The van der Waals surface area contributed by atoms with Crippen LogP contribution in [-0.2, 0) is 0 Å². The summed E-state index contributed by atoms with van der Waals surface area (Å²) in [5.41, 5.74) is 8.28. The second kappa shape index (κ2) is 8.48. The molecule has 0 aromatic heterocycles. The van der Waals surface area contributed by atoms with Crippen LogP contribution in [0.4, 0.5) is 10.5 Å². The van der Waals surface area contributed by atoms with Crippen LogP contribution in [0, 0.1) is 16.0 Å². The molecule has 1 aromatic carbocycles. The number of carbonyl (C=O) groups excluding carboxylic acids is 1. The topological polar surface area (TPSA) is 130 Å². The van der Waals surface area contributed by atoms with Gasteiger partial charge >= 0.3 is 6.09 Å². The van der Waals surface area contributed by atoms with Crippen molar-refractivity contribution in [1.82, 2.24) is 5.32 Å². The molecule has 118 valence electrons.